The van der Waals surface area contributed by atoms with Crippen molar-refractivity contribution in [1.82, 2.24) is 21.4 Å². The first kappa shape index (κ1) is 57.6. The molecule has 0 aromatic carbocycles. The Bertz CT molecular complexity index is 2080. The van der Waals surface area contributed by atoms with E-state index in [0.29, 0.717) is 3.12 Å². The summed E-state index contributed by atoms with van der Waals surface area (Å²) in [6.07, 6.45) is -30.8. The van der Waals surface area contributed by atoms with Crippen molar-refractivity contribution in [3.05, 3.63) is 9.54 Å². The van der Waals surface area contributed by atoms with Crippen molar-refractivity contribution < 1.29 is 119 Å². The number of halogens is 27. The summed E-state index contributed by atoms with van der Waals surface area (Å²) in [6, 6.07) is 0. The molecule has 2 aromatic rings. The number of fused-ring (bicyclic) bond motifs is 1. The maximum Gasteiger partial charge on any atom is 0.459 e. The number of hydrogen-bond acceptors (Lipinski definition) is 7. The summed E-state index contributed by atoms with van der Waals surface area (Å²) < 4.78 is 366. The third-order valence-electron chi connectivity index (χ3n) is 8.83. The predicted octanol–water partition coefficient (Wildman–Crippen LogP) is 14.7. The number of thiol groups is 1. The summed E-state index contributed by atoms with van der Waals surface area (Å²) in [5, 5.41) is -3.74. The molecule has 0 amide bonds. The van der Waals surface area contributed by atoms with E-state index in [1.165, 1.54) is 0 Å². The molecule has 0 saturated heterocycles. The molecule has 3 heterocycles. The Morgan fingerprint density at radius 2 is 0.692 bits per heavy atom. The topological polar surface area (TPSA) is 23.0 Å². The van der Waals surface area contributed by atoms with Crippen LogP contribution < -0.4 is 0 Å². The summed E-state index contributed by atoms with van der Waals surface area (Å²) in [7, 11) is 0. The predicted molar refractivity (Wildman–Crippen MR) is 180 cm³/mol. The molecule has 0 N–H and O–H groups in total. The largest absolute Gasteiger partial charge is 0.459 e. The summed E-state index contributed by atoms with van der Waals surface area (Å²) in [4.78, 5) is 0. The molecule has 2 aromatic heterocycles. The standard InChI is InChI=1S/C27H20F27N5S6/c1-16(28,29)21(38,39)17(30,31)2-6-55-10(60)11(56(14(55)61)7-3-18(32,33)22(40,41)25(46,47)48)63-59-64-12-13(65-59)58(9-5-20(36,37)24(44,45)27(52,53)54)15(62)57(12)8-4-19(34,35)23(42,43)26(49,50)51/h60H,2-9H2,1H3. The monoisotopic (exact) mass is 1120 g/mol. The third-order valence-corrected chi connectivity index (χ3v) is 14.0. The number of rotatable bonds is 19. The van der Waals surface area contributed by atoms with Gasteiger partial charge >= 0.3 is 71.8 Å². The van der Waals surface area contributed by atoms with Crippen molar-refractivity contribution >= 4 is 72.9 Å². The van der Waals surface area contributed by atoms with Gasteiger partial charge in [0.25, 0.3) is 0 Å². The molecule has 3 rings (SSSR count). The van der Waals surface area contributed by atoms with Gasteiger partial charge in [-0.15, -0.1) is 15.7 Å². The van der Waals surface area contributed by atoms with Gasteiger partial charge in [-0.05, 0) is 24.4 Å². The van der Waals surface area contributed by atoms with Gasteiger partial charge in [-0.2, -0.15) is 119 Å². The number of alkyl halides is 27. The zero-order valence-corrected chi connectivity index (χ0v) is 35.6. The van der Waals surface area contributed by atoms with Crippen LogP contribution in [0.25, 0.3) is 0 Å². The lowest BCUT2D eigenvalue weighted by Gasteiger charge is -2.30. The molecule has 1 aliphatic rings. The molecule has 0 aliphatic carbocycles. The van der Waals surface area contributed by atoms with E-state index in [-0.39, 0.29) is 54.1 Å². The van der Waals surface area contributed by atoms with Crippen LogP contribution in [0.2, 0.25) is 0 Å². The zero-order valence-electron chi connectivity index (χ0n) is 30.6. The molecule has 0 fully saturated rings. The number of imidazole rings is 2. The van der Waals surface area contributed by atoms with Gasteiger partial charge in [0, 0.05) is 94.6 Å². The lowest BCUT2D eigenvalue weighted by atomic mass is 10.0. The third kappa shape index (κ3) is 10.6. The van der Waals surface area contributed by atoms with Crippen LogP contribution in [0.4, 0.5) is 119 Å². The van der Waals surface area contributed by atoms with Gasteiger partial charge in [0.15, 0.2) is 9.54 Å². The van der Waals surface area contributed by atoms with Crippen molar-refractivity contribution in [3.63, 3.8) is 0 Å². The molecule has 38 heteroatoms. The maximum absolute atomic E-state index is 14.5. The minimum absolute atomic E-state index is 0.0586. The molecule has 0 saturated carbocycles. The Balaban J connectivity index is 2.18. The molecule has 0 spiro atoms. The fraction of sp³-hybridized carbons (Fsp3) is 0.778. The first-order valence-corrected chi connectivity index (χ1v) is 19.9. The fourth-order valence-corrected chi connectivity index (χ4v) is 10.2. The van der Waals surface area contributed by atoms with E-state index in [1.54, 1.807) is 0 Å². The van der Waals surface area contributed by atoms with E-state index in [1.807, 2.05) is 0 Å². The second-order valence-electron chi connectivity index (χ2n) is 13.4. The van der Waals surface area contributed by atoms with Gasteiger partial charge in [-0.3, -0.25) is 0 Å². The highest BCUT2D eigenvalue weighted by Gasteiger charge is 2.74. The molecular weight excluding hydrogens is 1100 g/mol. The first-order valence-electron chi connectivity index (χ1n) is 16.4. The van der Waals surface area contributed by atoms with E-state index in [2.05, 4.69) is 12.6 Å². The average molecular weight is 1120 g/mol. The van der Waals surface area contributed by atoms with Gasteiger partial charge in [0.1, 0.15) is 20.1 Å². The second-order valence-corrected chi connectivity index (χ2v) is 18.1. The molecule has 0 unspecified atom stereocenters. The molecule has 0 atom stereocenters. The summed E-state index contributed by atoms with van der Waals surface area (Å²) >= 11 is 13.3. The highest BCUT2D eigenvalue weighted by Crippen LogP contribution is 2.57. The molecule has 1 aliphatic heterocycles. The van der Waals surface area contributed by atoms with E-state index in [4.69, 9.17) is 24.4 Å². The smallest absolute Gasteiger partial charge is 0.311 e. The highest BCUT2D eigenvalue weighted by atomic mass is 32.3. The van der Waals surface area contributed by atoms with Crippen molar-refractivity contribution in [2.75, 3.05) is 0 Å². The molecule has 5 nitrogen and oxygen atoms in total. The summed E-state index contributed by atoms with van der Waals surface area (Å²) in [5.74, 6) is -55.8. The Hall–Kier alpha value is -1.67. The van der Waals surface area contributed by atoms with Crippen LogP contribution in [-0.2, 0) is 26.2 Å². The molecule has 0 radical (unpaired) electrons. The zero-order chi connectivity index (χ0) is 51.1. The van der Waals surface area contributed by atoms with Crippen LogP contribution in [0.1, 0.15) is 32.6 Å². The molecule has 378 valence electrons. The molecular formula is C27H20F27N5S6. The Kier molecular flexibility index (Phi) is 15.9. The van der Waals surface area contributed by atoms with Crippen LogP contribution in [0.3, 0.4) is 0 Å². The lowest BCUT2D eigenvalue weighted by molar-refractivity contribution is -0.356. The Morgan fingerprint density at radius 1 is 0.431 bits per heavy atom. The van der Waals surface area contributed by atoms with Crippen LogP contribution in [0, 0.1) is 9.54 Å². The number of aromatic nitrogens is 4. The number of hydrogen-bond donors (Lipinski definition) is 1. The normalized spacial score (nSPS) is 16.3. The lowest BCUT2D eigenvalue weighted by Crippen LogP contribution is -2.52. The molecule has 65 heavy (non-hydrogen) atoms. The Labute approximate surface area is 372 Å². The number of nitrogens with zero attached hydrogens (tertiary/aromatic N) is 5. The van der Waals surface area contributed by atoms with Gasteiger partial charge in [-0.1, -0.05) is 0 Å². The van der Waals surface area contributed by atoms with E-state index >= 15 is 0 Å². The van der Waals surface area contributed by atoms with Gasteiger partial charge in [0.05, 0.1) is 0 Å². The Morgan fingerprint density at radius 3 is 0.985 bits per heavy atom. The van der Waals surface area contributed by atoms with Gasteiger partial charge in [0.2, 0.25) is 0 Å². The summed E-state index contributed by atoms with van der Waals surface area (Å²) in [5.41, 5.74) is 0. The van der Waals surface area contributed by atoms with Crippen LogP contribution in [-0.4, -0.2) is 93.2 Å². The fourth-order valence-electron chi connectivity index (χ4n) is 5.02. The van der Waals surface area contributed by atoms with Crippen LogP contribution >= 0.6 is 72.9 Å². The quantitative estimate of drug-likeness (QED) is 0.0651. The van der Waals surface area contributed by atoms with Gasteiger partial charge in [-0.25, -0.2) is 0 Å². The van der Waals surface area contributed by atoms with E-state index < -0.39 is 160 Å². The average Bonchev–Trinajstić information content (AvgIpc) is 3.69. The van der Waals surface area contributed by atoms with Crippen LogP contribution in [0.15, 0.2) is 20.1 Å². The highest BCUT2D eigenvalue weighted by molar-refractivity contribution is 8.27. The van der Waals surface area contributed by atoms with Gasteiger partial charge < -0.3 is 18.3 Å². The van der Waals surface area contributed by atoms with E-state index in [0.717, 1.165) is 0 Å². The minimum Gasteiger partial charge on any atom is -0.311 e. The van der Waals surface area contributed by atoms with Crippen LogP contribution in [0.5, 0.6) is 0 Å². The second kappa shape index (κ2) is 17.9. The SMILES string of the molecule is CC(F)(F)C(F)(F)C(F)(F)CCn1c(S)c(SN2Sc3c(n(CCC(F)(F)C(F)(F)C(F)(F)F)c(=S)n3CCC(F)(F)C(F)(F)C(F)(F)F)S2)n(CCC(F)(F)C(F)(F)C(F)(F)F)c1=S. The maximum atomic E-state index is 14.5. The van der Waals surface area contributed by atoms with Crippen molar-refractivity contribution in [1.29, 1.82) is 0 Å². The molecule has 0 bridgehead atoms. The van der Waals surface area contributed by atoms with E-state index in [9.17, 15) is 119 Å². The van der Waals surface area contributed by atoms with Crippen molar-refractivity contribution in [3.8, 4) is 0 Å². The van der Waals surface area contributed by atoms with Crippen molar-refractivity contribution in [2.45, 2.75) is 151 Å². The first-order chi connectivity index (χ1) is 28.6. The summed E-state index contributed by atoms with van der Waals surface area (Å²) in [6.45, 7) is -7.74. The minimum atomic E-state index is -6.94. The van der Waals surface area contributed by atoms with Crippen molar-refractivity contribution in [2.24, 2.45) is 0 Å².